The molecule has 43 heavy (non-hydrogen) atoms. The number of nitrogens with zero attached hydrogens (tertiary/aromatic N) is 1. The van der Waals surface area contributed by atoms with Crippen LogP contribution >= 0.6 is 0 Å². The summed E-state index contributed by atoms with van der Waals surface area (Å²) in [7, 11) is 0. The molecule has 6 aromatic rings. The van der Waals surface area contributed by atoms with Crippen LogP contribution in [0.3, 0.4) is 0 Å². The smallest absolute Gasteiger partial charge is 0.326 e. The zero-order chi connectivity index (χ0) is 30.2. The molecule has 0 aliphatic heterocycles. The largest absolute Gasteiger partial charge is 0.508 e. The fraction of sp³-hybridized carbons (Fsp3) is 0.114. The molecule has 1 heterocycles. The van der Waals surface area contributed by atoms with E-state index in [4.69, 9.17) is 4.98 Å². The molecule has 1 amide bonds. The standard InChI is InChI=1S/C35H29N3O5/c1-19-6-9-23(14-20(19)2)22-4-3-5-25(16-22)33-36-28-13-10-24-17-26(18-30(40)31(24)32(28)38-33)34(41)37-29(35(42)43)15-21-7-11-27(39)12-8-21/h3-14,16-18,29,39-40H,15H2,1-2H3,(H,36,38)(H,37,41)(H,42,43)/t29-/m0/s1. The summed E-state index contributed by atoms with van der Waals surface area (Å²) in [4.78, 5) is 33.2. The van der Waals surface area contributed by atoms with E-state index < -0.39 is 17.9 Å². The molecule has 1 aromatic heterocycles. The highest BCUT2D eigenvalue weighted by atomic mass is 16.4. The molecule has 0 saturated carbocycles. The summed E-state index contributed by atoms with van der Waals surface area (Å²) in [6, 6.07) is 25.9. The first kappa shape index (κ1) is 27.5. The number of carbonyl (C=O) groups excluding carboxylic acids is 1. The fourth-order valence-electron chi connectivity index (χ4n) is 5.25. The number of aryl methyl sites for hydroxylation is 2. The predicted molar refractivity (Wildman–Crippen MR) is 166 cm³/mol. The number of phenolic OH excluding ortho intramolecular Hbond substituents is 2. The van der Waals surface area contributed by atoms with Gasteiger partial charge in [-0.05, 0) is 83.4 Å². The van der Waals surface area contributed by atoms with Gasteiger partial charge in [0.25, 0.3) is 5.91 Å². The summed E-state index contributed by atoms with van der Waals surface area (Å²) in [5, 5.41) is 33.9. The number of carbonyl (C=O) groups is 2. The molecular weight excluding hydrogens is 542 g/mol. The predicted octanol–water partition coefficient (Wildman–Crippen LogP) is 6.50. The summed E-state index contributed by atoms with van der Waals surface area (Å²) in [6.07, 6.45) is 0.0301. The topological polar surface area (TPSA) is 136 Å². The van der Waals surface area contributed by atoms with E-state index in [-0.39, 0.29) is 23.5 Å². The molecule has 0 saturated heterocycles. The maximum Gasteiger partial charge on any atom is 0.326 e. The van der Waals surface area contributed by atoms with Crippen LogP contribution in [0.1, 0.15) is 27.0 Å². The Balaban J connectivity index is 1.30. The molecule has 0 spiro atoms. The molecule has 0 unspecified atom stereocenters. The fourth-order valence-corrected chi connectivity index (χ4v) is 5.25. The lowest BCUT2D eigenvalue weighted by atomic mass is 9.99. The van der Waals surface area contributed by atoms with Crippen molar-refractivity contribution in [1.29, 1.82) is 0 Å². The van der Waals surface area contributed by atoms with E-state index >= 15 is 0 Å². The second kappa shape index (κ2) is 11.0. The van der Waals surface area contributed by atoms with Gasteiger partial charge in [-0.2, -0.15) is 0 Å². The highest BCUT2D eigenvalue weighted by Crippen LogP contribution is 2.35. The van der Waals surface area contributed by atoms with Gasteiger partial charge in [0.15, 0.2) is 0 Å². The lowest BCUT2D eigenvalue weighted by Crippen LogP contribution is -2.42. The second-order valence-corrected chi connectivity index (χ2v) is 10.8. The van der Waals surface area contributed by atoms with Crippen molar-refractivity contribution < 1.29 is 24.9 Å². The first-order valence-electron chi connectivity index (χ1n) is 13.8. The van der Waals surface area contributed by atoms with Gasteiger partial charge in [0.2, 0.25) is 0 Å². The molecule has 214 valence electrons. The van der Waals surface area contributed by atoms with E-state index in [1.54, 1.807) is 24.3 Å². The number of H-pyrrole nitrogens is 1. The number of amides is 1. The van der Waals surface area contributed by atoms with Crippen LogP contribution < -0.4 is 5.32 Å². The third kappa shape index (κ3) is 5.50. The van der Waals surface area contributed by atoms with Gasteiger partial charge >= 0.3 is 5.97 Å². The average Bonchev–Trinajstić information content (AvgIpc) is 3.43. The molecule has 5 aromatic carbocycles. The number of fused-ring (bicyclic) bond motifs is 3. The third-order valence-electron chi connectivity index (χ3n) is 7.76. The van der Waals surface area contributed by atoms with Gasteiger partial charge in [-0.15, -0.1) is 0 Å². The molecule has 8 nitrogen and oxygen atoms in total. The molecule has 6 rings (SSSR count). The zero-order valence-electron chi connectivity index (χ0n) is 23.6. The number of hydrogen-bond acceptors (Lipinski definition) is 5. The number of aromatic nitrogens is 2. The molecule has 1 atom stereocenters. The zero-order valence-corrected chi connectivity index (χ0v) is 23.6. The molecule has 0 radical (unpaired) electrons. The van der Waals surface area contributed by atoms with Crippen LogP contribution in [-0.2, 0) is 11.2 Å². The minimum Gasteiger partial charge on any atom is -0.508 e. The molecule has 0 aliphatic rings. The van der Waals surface area contributed by atoms with Crippen molar-refractivity contribution in [1.82, 2.24) is 15.3 Å². The van der Waals surface area contributed by atoms with Gasteiger partial charge in [0.05, 0.1) is 10.9 Å². The van der Waals surface area contributed by atoms with E-state index in [1.807, 2.05) is 18.2 Å². The molecule has 0 bridgehead atoms. The summed E-state index contributed by atoms with van der Waals surface area (Å²) >= 11 is 0. The molecular formula is C35H29N3O5. The number of hydrogen-bond donors (Lipinski definition) is 5. The Kier molecular flexibility index (Phi) is 7.03. The van der Waals surface area contributed by atoms with Gasteiger partial charge in [-0.1, -0.05) is 54.6 Å². The second-order valence-electron chi connectivity index (χ2n) is 10.8. The molecule has 0 aliphatic carbocycles. The molecule has 5 N–H and O–H groups in total. The van der Waals surface area contributed by atoms with Crippen molar-refractivity contribution in [3.63, 3.8) is 0 Å². The Bertz CT molecular complexity index is 2030. The van der Waals surface area contributed by atoms with E-state index in [9.17, 15) is 24.9 Å². The van der Waals surface area contributed by atoms with Gasteiger partial charge in [0, 0.05) is 17.5 Å². The summed E-state index contributed by atoms with van der Waals surface area (Å²) in [6.45, 7) is 4.18. The first-order chi connectivity index (χ1) is 20.7. The average molecular weight is 572 g/mol. The Morgan fingerprint density at radius 3 is 2.33 bits per heavy atom. The number of carboxylic acids is 1. The number of benzene rings is 5. The van der Waals surface area contributed by atoms with E-state index in [2.05, 4.69) is 54.5 Å². The number of rotatable bonds is 7. The Labute approximate surface area is 247 Å². The van der Waals surface area contributed by atoms with Crippen LogP contribution in [0.2, 0.25) is 0 Å². The molecule has 0 fully saturated rings. The number of aliphatic carboxylic acids is 1. The van der Waals surface area contributed by atoms with Gasteiger partial charge in [-0.25, -0.2) is 9.78 Å². The van der Waals surface area contributed by atoms with Crippen molar-refractivity contribution >= 4 is 33.7 Å². The number of carboxylic acid groups (broad SMARTS) is 1. The number of aromatic amines is 1. The van der Waals surface area contributed by atoms with Crippen molar-refractivity contribution in [2.45, 2.75) is 26.3 Å². The van der Waals surface area contributed by atoms with Crippen LogP contribution in [0.5, 0.6) is 11.5 Å². The molecule has 8 heteroatoms. The number of aromatic hydroxyl groups is 2. The van der Waals surface area contributed by atoms with Crippen LogP contribution in [-0.4, -0.2) is 43.2 Å². The number of phenols is 2. The van der Waals surface area contributed by atoms with Crippen molar-refractivity contribution in [3.8, 4) is 34.0 Å². The van der Waals surface area contributed by atoms with Gasteiger partial charge in [-0.3, -0.25) is 4.79 Å². The maximum atomic E-state index is 13.1. The lowest BCUT2D eigenvalue weighted by Gasteiger charge is -2.15. The third-order valence-corrected chi connectivity index (χ3v) is 7.76. The summed E-state index contributed by atoms with van der Waals surface area (Å²) in [5.41, 5.74) is 7.58. The normalized spacial score (nSPS) is 12.0. The van der Waals surface area contributed by atoms with Crippen molar-refractivity contribution in [2.24, 2.45) is 0 Å². The van der Waals surface area contributed by atoms with Gasteiger partial charge < -0.3 is 25.6 Å². The van der Waals surface area contributed by atoms with Crippen LogP contribution in [0, 0.1) is 13.8 Å². The quantitative estimate of drug-likeness (QED) is 0.148. The van der Waals surface area contributed by atoms with Crippen molar-refractivity contribution in [2.75, 3.05) is 0 Å². The Morgan fingerprint density at radius 1 is 0.837 bits per heavy atom. The number of nitrogens with one attached hydrogen (secondary N) is 2. The van der Waals surface area contributed by atoms with Crippen LogP contribution in [0.25, 0.3) is 44.3 Å². The minimum absolute atomic E-state index is 0.0301. The van der Waals surface area contributed by atoms with Crippen molar-refractivity contribution in [3.05, 3.63) is 113 Å². The van der Waals surface area contributed by atoms with Crippen LogP contribution in [0.4, 0.5) is 0 Å². The first-order valence-corrected chi connectivity index (χ1v) is 13.8. The van der Waals surface area contributed by atoms with E-state index in [1.165, 1.54) is 29.3 Å². The minimum atomic E-state index is -1.20. The SMILES string of the molecule is Cc1ccc(-c2cccc(-c3nc4c(ccc5cc(C(=O)N[C@@H](Cc6ccc(O)cc6)C(=O)O)cc(O)c54)[nH]3)c2)cc1C. The lowest BCUT2D eigenvalue weighted by molar-refractivity contribution is -0.139. The highest BCUT2D eigenvalue weighted by molar-refractivity contribution is 6.11. The summed E-state index contributed by atoms with van der Waals surface area (Å²) < 4.78 is 0. The van der Waals surface area contributed by atoms with E-state index in [0.717, 1.165) is 22.2 Å². The number of imidazole rings is 1. The summed E-state index contributed by atoms with van der Waals surface area (Å²) in [5.74, 6) is -1.25. The highest BCUT2D eigenvalue weighted by Gasteiger charge is 2.23. The monoisotopic (exact) mass is 571 g/mol. The Hall–Kier alpha value is -5.63. The maximum absolute atomic E-state index is 13.1. The van der Waals surface area contributed by atoms with Gasteiger partial charge in [0.1, 0.15) is 28.9 Å². The van der Waals surface area contributed by atoms with E-state index in [0.29, 0.717) is 27.7 Å². The Morgan fingerprint density at radius 2 is 1.58 bits per heavy atom. The van der Waals surface area contributed by atoms with Crippen LogP contribution in [0.15, 0.2) is 91.0 Å².